The molecule has 0 aliphatic carbocycles. The Kier molecular flexibility index (Phi) is 9.20. The first-order valence-electron chi connectivity index (χ1n) is 22.0. The fraction of sp³-hybridized carbons (Fsp3) is 0. The summed E-state index contributed by atoms with van der Waals surface area (Å²) >= 11 is 0. The molecule has 0 radical (unpaired) electrons. The summed E-state index contributed by atoms with van der Waals surface area (Å²) in [6.07, 6.45) is 0. The normalized spacial score (nSPS) is 11.4. The first-order chi connectivity index (χ1) is 31.7. The Morgan fingerprint density at radius 3 is 1.45 bits per heavy atom. The van der Waals surface area contributed by atoms with Gasteiger partial charge >= 0.3 is 0 Å². The number of fused-ring (bicyclic) bond motifs is 5. The molecule has 11 aromatic carbocycles. The van der Waals surface area contributed by atoms with Crippen molar-refractivity contribution < 1.29 is 0 Å². The molecule has 0 saturated heterocycles. The van der Waals surface area contributed by atoms with Gasteiger partial charge in [0.25, 0.3) is 0 Å². The van der Waals surface area contributed by atoms with Gasteiger partial charge in [0.05, 0.1) is 16.7 Å². The Hall–Kier alpha value is -8.46. The first kappa shape index (κ1) is 37.3. The summed E-state index contributed by atoms with van der Waals surface area (Å²) < 4.78 is 2.45. The van der Waals surface area contributed by atoms with E-state index in [-0.39, 0.29) is 0 Å². The summed E-state index contributed by atoms with van der Waals surface area (Å²) in [5.41, 5.74) is 16.4. The molecule has 0 saturated carbocycles. The summed E-state index contributed by atoms with van der Waals surface area (Å²) in [4.78, 5) is 2.38. The van der Waals surface area contributed by atoms with E-state index in [1.165, 1.54) is 82.3 Å². The number of benzene rings is 11. The molecule has 1 aromatic heterocycles. The Morgan fingerprint density at radius 2 is 0.750 bits per heavy atom. The molecule has 0 fully saturated rings. The van der Waals surface area contributed by atoms with Crippen LogP contribution in [-0.4, -0.2) is 4.57 Å². The molecule has 2 nitrogen and oxygen atoms in total. The lowest BCUT2D eigenvalue weighted by Crippen LogP contribution is -2.10. The largest absolute Gasteiger partial charge is 0.310 e. The molecular weight excluding hydrogens is 773 g/mol. The fourth-order valence-electron chi connectivity index (χ4n) is 9.73. The molecule has 12 rings (SSSR count). The second-order valence-electron chi connectivity index (χ2n) is 16.5. The van der Waals surface area contributed by atoms with Gasteiger partial charge < -0.3 is 9.47 Å². The van der Waals surface area contributed by atoms with Crippen molar-refractivity contribution in [1.82, 2.24) is 4.57 Å². The first-order valence-corrected chi connectivity index (χ1v) is 22.0. The minimum absolute atomic E-state index is 1.08. The predicted molar refractivity (Wildman–Crippen MR) is 272 cm³/mol. The summed E-state index contributed by atoms with van der Waals surface area (Å²) in [7, 11) is 0. The van der Waals surface area contributed by atoms with Gasteiger partial charge in [0.2, 0.25) is 0 Å². The topological polar surface area (TPSA) is 8.17 Å². The molecule has 0 aliphatic rings. The van der Waals surface area contributed by atoms with Crippen LogP contribution in [0, 0.1) is 0 Å². The molecule has 0 atom stereocenters. The van der Waals surface area contributed by atoms with Gasteiger partial charge in [0.1, 0.15) is 0 Å². The summed E-state index contributed by atoms with van der Waals surface area (Å²) in [6.45, 7) is 0. The second kappa shape index (κ2) is 15.8. The molecule has 0 N–H and O–H groups in total. The van der Waals surface area contributed by atoms with Crippen molar-refractivity contribution in [1.29, 1.82) is 0 Å². The van der Waals surface area contributed by atoms with Crippen LogP contribution in [0.15, 0.2) is 255 Å². The third-order valence-electron chi connectivity index (χ3n) is 12.8. The molecule has 0 spiro atoms. The van der Waals surface area contributed by atoms with Crippen molar-refractivity contribution in [3.63, 3.8) is 0 Å². The van der Waals surface area contributed by atoms with Gasteiger partial charge in [-0.3, -0.25) is 0 Å². The van der Waals surface area contributed by atoms with Crippen LogP contribution in [0.2, 0.25) is 0 Å². The highest BCUT2D eigenvalue weighted by atomic mass is 15.1. The monoisotopic (exact) mass is 814 g/mol. The van der Waals surface area contributed by atoms with E-state index in [4.69, 9.17) is 0 Å². The van der Waals surface area contributed by atoms with E-state index >= 15 is 0 Å². The quantitative estimate of drug-likeness (QED) is 0.148. The van der Waals surface area contributed by atoms with E-state index in [2.05, 4.69) is 264 Å². The second-order valence-corrected chi connectivity index (χ2v) is 16.5. The maximum Gasteiger partial charge on any atom is 0.0547 e. The van der Waals surface area contributed by atoms with Gasteiger partial charge in [0.15, 0.2) is 0 Å². The minimum atomic E-state index is 1.08. The number of rotatable bonds is 8. The number of anilines is 3. The van der Waals surface area contributed by atoms with Crippen molar-refractivity contribution in [3.05, 3.63) is 255 Å². The van der Waals surface area contributed by atoms with Gasteiger partial charge in [-0.1, -0.05) is 194 Å². The van der Waals surface area contributed by atoms with Gasteiger partial charge in [-0.2, -0.15) is 0 Å². The lowest BCUT2D eigenvalue weighted by molar-refractivity contribution is 1.18. The lowest BCUT2D eigenvalue weighted by Gasteiger charge is -2.27. The van der Waals surface area contributed by atoms with Crippen LogP contribution in [0.25, 0.3) is 93.5 Å². The Labute approximate surface area is 373 Å². The van der Waals surface area contributed by atoms with Gasteiger partial charge in [0, 0.05) is 33.4 Å². The van der Waals surface area contributed by atoms with Crippen LogP contribution in [0.5, 0.6) is 0 Å². The molecule has 0 unspecified atom stereocenters. The SMILES string of the molecule is c1ccc(-c2ccc(N(c3ccc(-c4ccccc4-n4c5ccccc5c5cc6ccccc6cc54)cc3)c3cccc(-c4ccc(-c5ccccc5)c5ccccc45)c3)cc2)cc1. The highest BCUT2D eigenvalue weighted by Crippen LogP contribution is 2.42. The zero-order chi connectivity index (χ0) is 42.4. The fourth-order valence-corrected chi connectivity index (χ4v) is 9.73. The van der Waals surface area contributed by atoms with Crippen LogP contribution < -0.4 is 4.90 Å². The smallest absolute Gasteiger partial charge is 0.0547 e. The molecule has 12 aromatic rings. The van der Waals surface area contributed by atoms with Crippen LogP contribution >= 0.6 is 0 Å². The van der Waals surface area contributed by atoms with E-state index in [9.17, 15) is 0 Å². The molecule has 300 valence electrons. The van der Waals surface area contributed by atoms with Gasteiger partial charge in [-0.15, -0.1) is 0 Å². The molecule has 0 amide bonds. The number of aromatic nitrogens is 1. The number of nitrogens with zero attached hydrogens (tertiary/aromatic N) is 2. The molecule has 0 aliphatic heterocycles. The maximum atomic E-state index is 2.45. The average Bonchev–Trinajstić information content (AvgIpc) is 3.69. The summed E-state index contributed by atoms with van der Waals surface area (Å²) in [6, 6.07) is 92.6. The van der Waals surface area contributed by atoms with Crippen LogP contribution in [0.3, 0.4) is 0 Å². The van der Waals surface area contributed by atoms with E-state index < -0.39 is 0 Å². The van der Waals surface area contributed by atoms with E-state index in [0.29, 0.717) is 0 Å². The zero-order valence-corrected chi connectivity index (χ0v) is 35.1. The molecular formula is C62H42N2. The molecule has 0 bridgehead atoms. The maximum absolute atomic E-state index is 2.45. The lowest BCUT2D eigenvalue weighted by atomic mass is 9.92. The summed E-state index contributed by atoms with van der Waals surface area (Å²) in [5.74, 6) is 0. The Balaban J connectivity index is 0.978. The number of para-hydroxylation sites is 2. The van der Waals surface area contributed by atoms with Crippen LogP contribution in [0.4, 0.5) is 17.1 Å². The van der Waals surface area contributed by atoms with Crippen molar-refractivity contribution in [3.8, 4) is 50.2 Å². The Bertz CT molecular complexity index is 3640. The zero-order valence-electron chi connectivity index (χ0n) is 35.1. The van der Waals surface area contributed by atoms with Crippen LogP contribution in [-0.2, 0) is 0 Å². The summed E-state index contributed by atoms with van der Waals surface area (Å²) in [5, 5.41) is 7.48. The predicted octanol–water partition coefficient (Wildman–Crippen LogP) is 17.2. The standard InChI is InChI=1S/C62H42N2/c1-3-16-43(17-4-1)44-30-34-50(35-31-44)63(52-23-15-22-49(40-52)54-39-38-53(45-18-5-2-6-19-45)56-25-9-10-26-57(54)56)51-36-32-46(33-37-51)55-24-11-13-28-60(55)64-61-29-14-12-27-58(61)59-41-47-20-7-8-21-48(47)42-62(59)64/h1-42H. The average molecular weight is 815 g/mol. The van der Waals surface area contributed by atoms with E-state index in [1.807, 2.05) is 0 Å². The van der Waals surface area contributed by atoms with E-state index in [0.717, 1.165) is 28.3 Å². The van der Waals surface area contributed by atoms with Crippen molar-refractivity contribution in [2.45, 2.75) is 0 Å². The van der Waals surface area contributed by atoms with Crippen molar-refractivity contribution in [2.24, 2.45) is 0 Å². The van der Waals surface area contributed by atoms with Crippen molar-refractivity contribution in [2.75, 3.05) is 4.90 Å². The Morgan fingerprint density at radius 1 is 0.250 bits per heavy atom. The number of hydrogen-bond acceptors (Lipinski definition) is 1. The van der Waals surface area contributed by atoms with Gasteiger partial charge in [-0.25, -0.2) is 0 Å². The molecule has 1 heterocycles. The molecule has 64 heavy (non-hydrogen) atoms. The number of hydrogen-bond donors (Lipinski definition) is 0. The molecule has 2 heteroatoms. The van der Waals surface area contributed by atoms with E-state index in [1.54, 1.807) is 0 Å². The highest BCUT2D eigenvalue weighted by Gasteiger charge is 2.19. The third-order valence-corrected chi connectivity index (χ3v) is 12.8. The highest BCUT2D eigenvalue weighted by molar-refractivity contribution is 6.14. The van der Waals surface area contributed by atoms with Crippen LogP contribution in [0.1, 0.15) is 0 Å². The van der Waals surface area contributed by atoms with Gasteiger partial charge in [-0.05, 0) is 121 Å². The van der Waals surface area contributed by atoms with Crippen molar-refractivity contribution >= 4 is 60.4 Å². The minimum Gasteiger partial charge on any atom is -0.310 e. The third kappa shape index (κ3) is 6.52.